The van der Waals surface area contributed by atoms with Crippen molar-refractivity contribution in [3.05, 3.63) is 41.5 Å². The van der Waals surface area contributed by atoms with Crippen LogP contribution in [0.4, 0.5) is 0 Å². The molecule has 0 saturated heterocycles. The van der Waals surface area contributed by atoms with Gasteiger partial charge in [0.25, 0.3) is 0 Å². The molecule has 0 spiro atoms. The summed E-state index contributed by atoms with van der Waals surface area (Å²) in [5, 5.41) is 9.35. The molecule has 16 heavy (non-hydrogen) atoms. The monoisotopic (exact) mass is 238 g/mol. The summed E-state index contributed by atoms with van der Waals surface area (Å²) in [5.74, 6) is 1.07. The van der Waals surface area contributed by atoms with Crippen LogP contribution in [0.3, 0.4) is 0 Å². The molecular weight excluding hydrogens is 224 g/mol. The summed E-state index contributed by atoms with van der Waals surface area (Å²) in [6, 6.07) is 6.04. The van der Waals surface area contributed by atoms with Crippen molar-refractivity contribution in [1.29, 1.82) is 0 Å². The Bertz CT molecular complexity index is 388. The number of aliphatic hydroxyl groups excluding tert-OH is 1. The largest absolute Gasteiger partial charge is 0.491 e. The number of hydrogen-bond donors (Lipinski definition) is 1. The molecule has 1 aromatic rings. The van der Waals surface area contributed by atoms with E-state index < -0.39 is 6.10 Å². The van der Waals surface area contributed by atoms with Gasteiger partial charge >= 0.3 is 0 Å². The van der Waals surface area contributed by atoms with Gasteiger partial charge in [0.05, 0.1) is 5.88 Å². The molecule has 1 N–H and O–H groups in total. The zero-order chi connectivity index (χ0) is 11.4. The van der Waals surface area contributed by atoms with Crippen LogP contribution in [-0.2, 0) is 12.8 Å². The number of benzene rings is 1. The van der Waals surface area contributed by atoms with Gasteiger partial charge in [-0.2, -0.15) is 0 Å². The van der Waals surface area contributed by atoms with E-state index in [1.807, 2.05) is 12.1 Å². The molecular formula is C13H15ClO2. The molecule has 1 aliphatic rings. The second kappa shape index (κ2) is 5.37. The predicted octanol–water partition coefficient (Wildman–Crippen LogP) is 2.32. The highest BCUT2D eigenvalue weighted by Gasteiger charge is 2.11. The third-order valence-corrected chi connectivity index (χ3v) is 3.02. The maximum absolute atomic E-state index is 9.35. The van der Waals surface area contributed by atoms with E-state index in [2.05, 4.69) is 18.2 Å². The Labute approximate surface area is 101 Å². The Hall–Kier alpha value is -0.990. The normalized spacial score (nSPS) is 15.6. The first kappa shape index (κ1) is 11.5. The van der Waals surface area contributed by atoms with Crippen molar-refractivity contribution < 1.29 is 9.84 Å². The van der Waals surface area contributed by atoms with E-state index in [-0.39, 0.29) is 12.5 Å². The Morgan fingerprint density at radius 2 is 2.12 bits per heavy atom. The topological polar surface area (TPSA) is 29.5 Å². The van der Waals surface area contributed by atoms with Gasteiger partial charge in [-0.15, -0.1) is 11.6 Å². The quantitative estimate of drug-likeness (QED) is 0.645. The molecule has 0 saturated carbocycles. The number of fused-ring (bicyclic) bond motifs is 1. The van der Waals surface area contributed by atoms with Gasteiger partial charge in [0, 0.05) is 5.56 Å². The van der Waals surface area contributed by atoms with Crippen LogP contribution in [0.5, 0.6) is 5.75 Å². The minimum absolute atomic E-state index is 0.203. The fraction of sp³-hybridized carbons (Fsp3) is 0.385. The fourth-order valence-corrected chi connectivity index (χ4v) is 1.90. The van der Waals surface area contributed by atoms with Crippen molar-refractivity contribution in [2.45, 2.75) is 18.9 Å². The first-order chi connectivity index (χ1) is 7.81. The number of aliphatic hydroxyl groups is 1. The summed E-state index contributed by atoms with van der Waals surface area (Å²) in [7, 11) is 0. The fourth-order valence-electron chi connectivity index (χ4n) is 1.81. The van der Waals surface area contributed by atoms with Gasteiger partial charge in [0.2, 0.25) is 0 Å². The highest BCUT2D eigenvalue weighted by Crippen LogP contribution is 2.26. The van der Waals surface area contributed by atoms with E-state index in [4.69, 9.17) is 16.3 Å². The molecule has 0 amide bonds. The molecule has 1 aliphatic carbocycles. The maximum Gasteiger partial charge on any atom is 0.123 e. The van der Waals surface area contributed by atoms with Gasteiger partial charge in [-0.05, 0) is 24.5 Å². The molecule has 0 aromatic heterocycles. The van der Waals surface area contributed by atoms with Crippen molar-refractivity contribution >= 4 is 11.6 Å². The van der Waals surface area contributed by atoms with Crippen molar-refractivity contribution in [3.8, 4) is 5.75 Å². The van der Waals surface area contributed by atoms with Crippen molar-refractivity contribution in [2.75, 3.05) is 12.5 Å². The second-order valence-corrected chi connectivity index (χ2v) is 4.20. The lowest BCUT2D eigenvalue weighted by Crippen LogP contribution is -2.19. The minimum atomic E-state index is -0.600. The molecule has 86 valence electrons. The third kappa shape index (κ3) is 2.57. The zero-order valence-electron chi connectivity index (χ0n) is 9.03. The Kier molecular flexibility index (Phi) is 3.86. The van der Waals surface area contributed by atoms with Crippen LogP contribution in [0, 0.1) is 0 Å². The van der Waals surface area contributed by atoms with Crippen LogP contribution in [0.1, 0.15) is 11.1 Å². The van der Waals surface area contributed by atoms with Crippen LogP contribution >= 0.6 is 11.6 Å². The standard InChI is InChI=1S/C13H15ClO2/c14-8-11(15)9-16-13-7-3-5-10-4-1-2-6-12(10)13/h1-3,5,7,11,15H,4,6,8-9H2. The van der Waals surface area contributed by atoms with E-state index in [0.717, 1.165) is 18.6 Å². The summed E-state index contributed by atoms with van der Waals surface area (Å²) < 4.78 is 5.59. The lowest BCUT2D eigenvalue weighted by molar-refractivity contribution is 0.124. The first-order valence-corrected chi connectivity index (χ1v) is 5.97. The van der Waals surface area contributed by atoms with Crippen LogP contribution in [-0.4, -0.2) is 23.7 Å². The summed E-state index contributed by atoms with van der Waals surface area (Å²) in [6.45, 7) is 0.254. The van der Waals surface area contributed by atoms with Gasteiger partial charge in [0.1, 0.15) is 18.5 Å². The summed E-state index contributed by atoms with van der Waals surface area (Å²) in [4.78, 5) is 0. The Morgan fingerprint density at radius 1 is 1.31 bits per heavy atom. The average molecular weight is 239 g/mol. The number of hydrogen-bond acceptors (Lipinski definition) is 2. The Morgan fingerprint density at radius 3 is 2.94 bits per heavy atom. The molecule has 0 radical (unpaired) electrons. The highest BCUT2D eigenvalue weighted by molar-refractivity contribution is 6.18. The SMILES string of the molecule is OC(CCl)COc1cccc2c1CC=CC2. The van der Waals surface area contributed by atoms with Crippen molar-refractivity contribution in [3.63, 3.8) is 0 Å². The predicted molar refractivity (Wildman–Crippen MR) is 65.2 cm³/mol. The van der Waals surface area contributed by atoms with E-state index in [1.165, 1.54) is 11.1 Å². The summed E-state index contributed by atoms with van der Waals surface area (Å²) in [6.07, 6.45) is 5.58. The molecule has 0 bridgehead atoms. The van der Waals surface area contributed by atoms with Crippen molar-refractivity contribution in [1.82, 2.24) is 0 Å². The summed E-state index contributed by atoms with van der Waals surface area (Å²) in [5.41, 5.74) is 2.53. The number of ether oxygens (including phenoxy) is 1. The molecule has 1 aromatic carbocycles. The van der Waals surface area contributed by atoms with Gasteiger partial charge in [0.15, 0.2) is 0 Å². The lowest BCUT2D eigenvalue weighted by atomic mass is 9.96. The highest BCUT2D eigenvalue weighted by atomic mass is 35.5. The molecule has 0 heterocycles. The molecule has 2 rings (SSSR count). The maximum atomic E-state index is 9.35. The molecule has 1 unspecified atom stereocenters. The van der Waals surface area contributed by atoms with Crippen LogP contribution < -0.4 is 4.74 Å². The van der Waals surface area contributed by atoms with E-state index in [0.29, 0.717) is 0 Å². The lowest BCUT2D eigenvalue weighted by Gasteiger charge is -2.17. The molecule has 0 fully saturated rings. The number of allylic oxidation sites excluding steroid dienone is 2. The van der Waals surface area contributed by atoms with E-state index >= 15 is 0 Å². The molecule has 3 heteroatoms. The molecule has 1 atom stereocenters. The van der Waals surface area contributed by atoms with Gasteiger partial charge in [-0.25, -0.2) is 0 Å². The van der Waals surface area contributed by atoms with Gasteiger partial charge < -0.3 is 9.84 Å². The smallest absolute Gasteiger partial charge is 0.123 e. The average Bonchev–Trinajstić information content (AvgIpc) is 2.35. The second-order valence-electron chi connectivity index (χ2n) is 3.89. The Balaban J connectivity index is 2.10. The zero-order valence-corrected chi connectivity index (χ0v) is 9.78. The van der Waals surface area contributed by atoms with Gasteiger partial charge in [-0.1, -0.05) is 24.3 Å². The van der Waals surface area contributed by atoms with Crippen LogP contribution in [0.15, 0.2) is 30.4 Å². The van der Waals surface area contributed by atoms with Crippen LogP contribution in [0.25, 0.3) is 0 Å². The number of rotatable bonds is 4. The summed E-state index contributed by atoms with van der Waals surface area (Å²) >= 11 is 5.52. The minimum Gasteiger partial charge on any atom is -0.491 e. The van der Waals surface area contributed by atoms with Crippen LogP contribution in [0.2, 0.25) is 0 Å². The first-order valence-electron chi connectivity index (χ1n) is 5.44. The molecule has 2 nitrogen and oxygen atoms in total. The number of alkyl halides is 1. The van der Waals surface area contributed by atoms with E-state index in [9.17, 15) is 5.11 Å². The number of halogens is 1. The third-order valence-electron chi connectivity index (χ3n) is 2.67. The molecule has 0 aliphatic heterocycles. The van der Waals surface area contributed by atoms with Gasteiger partial charge in [-0.3, -0.25) is 0 Å². The van der Waals surface area contributed by atoms with E-state index in [1.54, 1.807) is 0 Å². The van der Waals surface area contributed by atoms with Crippen molar-refractivity contribution in [2.24, 2.45) is 0 Å².